The molecule has 0 heterocycles. The highest BCUT2D eigenvalue weighted by Gasteiger charge is 2.15. The molecule has 2 atom stereocenters. The summed E-state index contributed by atoms with van der Waals surface area (Å²) in [5.41, 5.74) is 1.95. The maximum Gasteiger partial charge on any atom is 0.255 e. The number of carbonyl (C=O) groups excluding carboxylic acids is 2. The van der Waals surface area contributed by atoms with Gasteiger partial charge in [-0.25, -0.2) is 4.39 Å². The Morgan fingerprint density at radius 2 is 1.59 bits per heavy atom. The van der Waals surface area contributed by atoms with Crippen molar-refractivity contribution in [2.75, 3.05) is 18.9 Å². The van der Waals surface area contributed by atoms with Gasteiger partial charge in [0.25, 0.3) is 5.91 Å². The smallest absolute Gasteiger partial charge is 0.255 e. The predicted octanol–water partition coefficient (Wildman–Crippen LogP) is 3.53. The highest BCUT2D eigenvalue weighted by Crippen LogP contribution is 2.17. The Kier molecular flexibility index (Phi) is 8.91. The topological polar surface area (TPSA) is 70.2 Å². The van der Waals surface area contributed by atoms with Gasteiger partial charge >= 0.3 is 0 Å². The fourth-order valence-electron chi connectivity index (χ4n) is 2.50. The first-order valence-corrected chi connectivity index (χ1v) is 8.52. The number of amides is 2. The van der Waals surface area contributed by atoms with Crippen molar-refractivity contribution in [3.63, 3.8) is 0 Å². The second-order valence-electron chi connectivity index (χ2n) is 6.27. The van der Waals surface area contributed by atoms with Crippen molar-refractivity contribution in [2.24, 2.45) is 5.92 Å². The van der Waals surface area contributed by atoms with Crippen molar-refractivity contribution >= 4 is 29.9 Å². The summed E-state index contributed by atoms with van der Waals surface area (Å²) in [5.74, 6) is -0.816. The lowest BCUT2D eigenvalue weighted by molar-refractivity contribution is -0.125. The summed E-state index contributed by atoms with van der Waals surface area (Å²) in [6, 6.07) is 12.5. The number of rotatable bonds is 7. The second-order valence-corrected chi connectivity index (χ2v) is 6.27. The van der Waals surface area contributed by atoms with Gasteiger partial charge in [-0.3, -0.25) is 9.59 Å². The summed E-state index contributed by atoms with van der Waals surface area (Å²) in [5, 5.41) is 8.71. The van der Waals surface area contributed by atoms with E-state index >= 15 is 0 Å². The van der Waals surface area contributed by atoms with Gasteiger partial charge in [-0.1, -0.05) is 19.1 Å². The van der Waals surface area contributed by atoms with Crippen LogP contribution in [0.25, 0.3) is 0 Å². The van der Waals surface area contributed by atoms with Gasteiger partial charge in [-0.05, 0) is 55.9 Å². The molecule has 7 heteroatoms. The molecule has 0 aliphatic heterocycles. The lowest BCUT2D eigenvalue weighted by Gasteiger charge is -2.18. The average molecular weight is 394 g/mol. The molecule has 0 aliphatic carbocycles. The number of hydrogen-bond donors (Lipinski definition) is 3. The normalized spacial score (nSPS) is 12.4. The Morgan fingerprint density at radius 3 is 2.15 bits per heavy atom. The third kappa shape index (κ3) is 6.66. The van der Waals surface area contributed by atoms with E-state index in [9.17, 15) is 14.0 Å². The van der Waals surface area contributed by atoms with E-state index in [4.69, 9.17) is 0 Å². The molecule has 27 heavy (non-hydrogen) atoms. The Hall–Kier alpha value is -2.44. The third-order valence-corrected chi connectivity index (χ3v) is 4.09. The van der Waals surface area contributed by atoms with E-state index in [1.807, 2.05) is 33.0 Å². The van der Waals surface area contributed by atoms with E-state index < -0.39 is 0 Å². The van der Waals surface area contributed by atoms with Crippen molar-refractivity contribution in [3.8, 4) is 0 Å². The Morgan fingerprint density at radius 1 is 1.00 bits per heavy atom. The monoisotopic (exact) mass is 393 g/mol. The minimum atomic E-state index is -0.383. The zero-order chi connectivity index (χ0) is 19.1. The van der Waals surface area contributed by atoms with Gasteiger partial charge in [0.1, 0.15) is 5.82 Å². The molecule has 0 spiro atoms. The van der Waals surface area contributed by atoms with Crippen molar-refractivity contribution in [3.05, 3.63) is 65.5 Å². The van der Waals surface area contributed by atoms with Gasteiger partial charge in [0.05, 0.1) is 6.04 Å². The van der Waals surface area contributed by atoms with Crippen LogP contribution in [0.4, 0.5) is 10.1 Å². The van der Waals surface area contributed by atoms with E-state index in [0.717, 1.165) is 5.56 Å². The number of carbonyl (C=O) groups is 2. The molecule has 0 saturated carbocycles. The highest BCUT2D eigenvalue weighted by atomic mass is 35.5. The van der Waals surface area contributed by atoms with Crippen molar-refractivity contribution in [1.82, 2.24) is 10.6 Å². The van der Waals surface area contributed by atoms with Crippen LogP contribution in [0.3, 0.4) is 0 Å². The lowest BCUT2D eigenvalue weighted by atomic mass is 10.1. The van der Waals surface area contributed by atoms with Crippen LogP contribution in [0.5, 0.6) is 0 Å². The highest BCUT2D eigenvalue weighted by molar-refractivity contribution is 6.04. The number of anilines is 1. The number of benzene rings is 2. The van der Waals surface area contributed by atoms with Crippen LogP contribution in [-0.2, 0) is 4.79 Å². The summed E-state index contributed by atoms with van der Waals surface area (Å²) in [4.78, 5) is 24.2. The summed E-state index contributed by atoms with van der Waals surface area (Å²) in [6.45, 7) is 4.40. The first-order chi connectivity index (χ1) is 12.4. The first kappa shape index (κ1) is 22.6. The summed E-state index contributed by atoms with van der Waals surface area (Å²) in [7, 11) is 1.81. The molecule has 2 aromatic carbocycles. The zero-order valence-electron chi connectivity index (χ0n) is 15.6. The molecular weight excluding hydrogens is 369 g/mol. The summed E-state index contributed by atoms with van der Waals surface area (Å²) in [6.07, 6.45) is 0. The molecule has 0 aromatic heterocycles. The first-order valence-electron chi connectivity index (χ1n) is 8.52. The van der Waals surface area contributed by atoms with Crippen LogP contribution in [0.1, 0.15) is 35.8 Å². The molecule has 2 rings (SSSR count). The summed E-state index contributed by atoms with van der Waals surface area (Å²) < 4.78 is 12.9. The maximum atomic E-state index is 12.9. The van der Waals surface area contributed by atoms with Crippen LogP contribution >= 0.6 is 12.4 Å². The molecular formula is C20H25ClFN3O2. The van der Waals surface area contributed by atoms with E-state index in [1.54, 1.807) is 12.1 Å². The van der Waals surface area contributed by atoms with E-state index in [0.29, 0.717) is 17.8 Å². The van der Waals surface area contributed by atoms with Crippen LogP contribution < -0.4 is 16.0 Å². The number of nitrogens with one attached hydrogen (secondary N) is 3. The predicted molar refractivity (Wildman–Crippen MR) is 108 cm³/mol. The molecule has 2 amide bonds. The molecule has 0 fully saturated rings. The number of hydrogen-bond acceptors (Lipinski definition) is 3. The quantitative estimate of drug-likeness (QED) is 0.674. The Labute approximate surface area is 165 Å². The largest absolute Gasteiger partial charge is 0.349 e. The molecule has 5 nitrogen and oxygen atoms in total. The van der Waals surface area contributed by atoms with Crippen molar-refractivity contribution in [2.45, 2.75) is 19.9 Å². The van der Waals surface area contributed by atoms with Gasteiger partial charge in [0.15, 0.2) is 0 Å². The van der Waals surface area contributed by atoms with Crippen LogP contribution in [0.15, 0.2) is 48.5 Å². The van der Waals surface area contributed by atoms with Crippen LogP contribution in [-0.4, -0.2) is 25.4 Å². The van der Waals surface area contributed by atoms with Gasteiger partial charge in [0, 0.05) is 23.7 Å². The Balaban J connectivity index is 0.00000364. The molecule has 0 aliphatic rings. The SMILES string of the molecule is CNCC(C)C(=O)NC(C)c1ccc(NC(=O)c2ccc(F)cc2)cc1.Cl. The summed E-state index contributed by atoms with van der Waals surface area (Å²) >= 11 is 0. The molecule has 2 unspecified atom stereocenters. The molecule has 3 N–H and O–H groups in total. The molecule has 0 radical (unpaired) electrons. The zero-order valence-corrected chi connectivity index (χ0v) is 16.4. The van der Waals surface area contributed by atoms with Crippen molar-refractivity contribution in [1.29, 1.82) is 0 Å². The molecule has 0 saturated heterocycles. The maximum absolute atomic E-state index is 12.9. The number of halogens is 2. The van der Waals surface area contributed by atoms with Gasteiger partial charge in [-0.15, -0.1) is 12.4 Å². The molecule has 0 bridgehead atoms. The van der Waals surface area contributed by atoms with Gasteiger partial charge in [0.2, 0.25) is 5.91 Å². The average Bonchev–Trinajstić information content (AvgIpc) is 2.63. The fourth-order valence-corrected chi connectivity index (χ4v) is 2.50. The van der Waals surface area contributed by atoms with E-state index in [2.05, 4.69) is 16.0 Å². The minimum Gasteiger partial charge on any atom is -0.349 e. The minimum absolute atomic E-state index is 0. The van der Waals surface area contributed by atoms with Gasteiger partial charge < -0.3 is 16.0 Å². The van der Waals surface area contributed by atoms with E-state index in [1.165, 1.54) is 24.3 Å². The second kappa shape index (κ2) is 10.6. The van der Waals surface area contributed by atoms with E-state index in [-0.39, 0.29) is 42.0 Å². The standard InChI is InChI=1S/C20H24FN3O2.ClH/c1-13(12-22-3)19(25)23-14(2)15-6-10-18(11-7-15)24-20(26)16-4-8-17(21)9-5-16;/h4-11,13-14,22H,12H2,1-3H3,(H,23,25)(H,24,26);1H. The lowest BCUT2D eigenvalue weighted by Crippen LogP contribution is -2.35. The van der Waals surface area contributed by atoms with Crippen molar-refractivity contribution < 1.29 is 14.0 Å². The fraction of sp³-hybridized carbons (Fsp3) is 0.300. The van der Waals surface area contributed by atoms with Gasteiger partial charge in [-0.2, -0.15) is 0 Å². The Bertz CT molecular complexity index is 751. The molecule has 2 aromatic rings. The molecule has 146 valence electrons. The third-order valence-electron chi connectivity index (χ3n) is 4.09. The van der Waals surface area contributed by atoms with Crippen LogP contribution in [0, 0.1) is 11.7 Å². The van der Waals surface area contributed by atoms with Crippen LogP contribution in [0.2, 0.25) is 0 Å².